The van der Waals surface area contributed by atoms with Crippen LogP contribution in [0.4, 0.5) is 23.2 Å². The Morgan fingerprint density at radius 3 is 2.62 bits per heavy atom. The number of hydrogen-bond acceptors (Lipinski definition) is 5. The number of benzene rings is 2. The summed E-state index contributed by atoms with van der Waals surface area (Å²) in [6.45, 7) is 3.62. The first kappa shape index (κ1) is 26.5. The van der Waals surface area contributed by atoms with Crippen LogP contribution in [0.2, 0.25) is 0 Å². The standard InChI is InChI=1S/C28H27F4N5O2/c1-16-10-19(29)13-21(11-16)39-25-14-23(33-9-3-8-28(30,31)32)26-34-15-24(37(26)36-25)18-4-7-22(17(2)12-18)27(38)35-20-5-6-20/h4,7,10-15,20,33H,3,5-6,8-9H2,1-2H3,(H,35,38). The van der Waals surface area contributed by atoms with E-state index in [4.69, 9.17) is 4.74 Å². The molecule has 2 heterocycles. The summed E-state index contributed by atoms with van der Waals surface area (Å²) in [4.78, 5) is 17.0. The highest BCUT2D eigenvalue weighted by Crippen LogP contribution is 2.31. The Labute approximate surface area is 222 Å². The van der Waals surface area contributed by atoms with E-state index in [0.29, 0.717) is 28.2 Å². The van der Waals surface area contributed by atoms with Gasteiger partial charge in [-0.05, 0) is 68.5 Å². The minimum absolute atomic E-state index is 0.0454. The number of carbonyl (C=O) groups is 1. The molecule has 2 N–H and O–H groups in total. The number of hydrogen-bond donors (Lipinski definition) is 2. The number of halogens is 4. The van der Waals surface area contributed by atoms with Crippen LogP contribution in [0.5, 0.6) is 11.6 Å². The summed E-state index contributed by atoms with van der Waals surface area (Å²) < 4.78 is 59.3. The Balaban J connectivity index is 1.49. The number of nitrogens with zero attached hydrogens (tertiary/aromatic N) is 3. The van der Waals surface area contributed by atoms with Gasteiger partial charge in [-0.25, -0.2) is 13.9 Å². The third-order valence-corrected chi connectivity index (χ3v) is 6.32. The molecule has 1 amide bonds. The van der Waals surface area contributed by atoms with Gasteiger partial charge in [0.25, 0.3) is 5.91 Å². The van der Waals surface area contributed by atoms with Gasteiger partial charge >= 0.3 is 6.18 Å². The molecule has 2 aromatic heterocycles. The molecule has 1 aliphatic carbocycles. The molecule has 0 bridgehead atoms. The van der Waals surface area contributed by atoms with Crippen molar-refractivity contribution in [1.82, 2.24) is 19.9 Å². The first-order valence-corrected chi connectivity index (χ1v) is 12.6. The topological polar surface area (TPSA) is 80.5 Å². The van der Waals surface area contributed by atoms with Gasteiger partial charge in [0, 0.05) is 42.3 Å². The molecule has 4 aromatic rings. The molecule has 2 aromatic carbocycles. The Kier molecular flexibility index (Phi) is 7.16. The van der Waals surface area contributed by atoms with E-state index in [9.17, 15) is 22.4 Å². The summed E-state index contributed by atoms with van der Waals surface area (Å²) >= 11 is 0. The summed E-state index contributed by atoms with van der Waals surface area (Å²) in [5, 5.41) is 10.5. The molecule has 7 nitrogen and oxygen atoms in total. The number of ether oxygens (including phenoxy) is 1. The van der Waals surface area contributed by atoms with Crippen LogP contribution in [0.3, 0.4) is 0 Å². The number of aromatic nitrogens is 3. The van der Waals surface area contributed by atoms with Crippen LogP contribution in [0, 0.1) is 19.7 Å². The van der Waals surface area contributed by atoms with Crippen molar-refractivity contribution in [2.45, 2.75) is 51.7 Å². The molecule has 0 saturated heterocycles. The SMILES string of the molecule is Cc1cc(F)cc(Oc2cc(NCCCC(F)(F)F)c3ncc(-c4ccc(C(=O)NC5CC5)c(C)c4)n3n2)c1. The summed E-state index contributed by atoms with van der Waals surface area (Å²) in [5.41, 5.74) is 4.12. The maximum atomic E-state index is 14.0. The molecule has 11 heteroatoms. The Morgan fingerprint density at radius 1 is 1.13 bits per heavy atom. The second kappa shape index (κ2) is 10.5. The summed E-state index contributed by atoms with van der Waals surface area (Å²) in [6.07, 6.45) is -1.73. The van der Waals surface area contributed by atoms with Crippen LogP contribution in [-0.2, 0) is 0 Å². The molecule has 0 unspecified atom stereocenters. The largest absolute Gasteiger partial charge is 0.437 e. The molecule has 204 valence electrons. The van der Waals surface area contributed by atoms with Crippen LogP contribution >= 0.6 is 0 Å². The predicted octanol–water partition coefficient (Wildman–Crippen LogP) is 6.59. The zero-order valence-electron chi connectivity index (χ0n) is 21.4. The van der Waals surface area contributed by atoms with Gasteiger partial charge in [0.05, 0.1) is 17.6 Å². The predicted molar refractivity (Wildman–Crippen MR) is 139 cm³/mol. The maximum Gasteiger partial charge on any atom is 0.389 e. The summed E-state index contributed by atoms with van der Waals surface area (Å²) in [6, 6.07) is 11.4. The van der Waals surface area contributed by atoms with Crippen LogP contribution in [0.15, 0.2) is 48.7 Å². The lowest BCUT2D eigenvalue weighted by atomic mass is 10.0. The van der Waals surface area contributed by atoms with E-state index in [1.54, 1.807) is 31.3 Å². The van der Waals surface area contributed by atoms with E-state index < -0.39 is 18.4 Å². The smallest absolute Gasteiger partial charge is 0.389 e. The second-order valence-electron chi connectivity index (χ2n) is 9.76. The molecular weight excluding hydrogens is 514 g/mol. The molecule has 39 heavy (non-hydrogen) atoms. The number of alkyl halides is 3. The summed E-state index contributed by atoms with van der Waals surface area (Å²) in [7, 11) is 0. The van der Waals surface area contributed by atoms with E-state index >= 15 is 0 Å². The first-order valence-electron chi connectivity index (χ1n) is 12.6. The monoisotopic (exact) mass is 541 g/mol. The lowest BCUT2D eigenvalue weighted by molar-refractivity contribution is -0.134. The normalized spacial score (nSPS) is 13.5. The molecule has 0 aliphatic heterocycles. The summed E-state index contributed by atoms with van der Waals surface area (Å²) in [5.74, 6) is -0.265. The van der Waals surface area contributed by atoms with Crippen molar-refractivity contribution in [1.29, 1.82) is 0 Å². The highest BCUT2D eigenvalue weighted by Gasteiger charge is 2.26. The second-order valence-corrected chi connectivity index (χ2v) is 9.76. The van der Waals surface area contributed by atoms with Crippen molar-refractivity contribution >= 4 is 17.2 Å². The third kappa shape index (κ3) is 6.47. The first-order chi connectivity index (χ1) is 18.6. The highest BCUT2D eigenvalue weighted by molar-refractivity contribution is 5.96. The van der Waals surface area contributed by atoms with Gasteiger partial charge in [0.1, 0.15) is 11.6 Å². The molecule has 0 spiro atoms. The number of rotatable bonds is 9. The maximum absolute atomic E-state index is 14.0. The minimum atomic E-state index is -4.25. The molecule has 0 radical (unpaired) electrons. The Hall–Kier alpha value is -4.15. The fourth-order valence-corrected chi connectivity index (χ4v) is 4.29. The van der Waals surface area contributed by atoms with E-state index in [1.165, 1.54) is 22.7 Å². The Morgan fingerprint density at radius 2 is 1.92 bits per heavy atom. The number of imidazole rings is 1. The number of nitrogens with one attached hydrogen (secondary N) is 2. The quantitative estimate of drug-likeness (QED) is 0.185. The van der Waals surface area contributed by atoms with Crippen LogP contribution in [-0.4, -0.2) is 39.3 Å². The fraction of sp³-hybridized carbons (Fsp3) is 0.321. The van der Waals surface area contributed by atoms with E-state index in [-0.39, 0.29) is 36.5 Å². The van der Waals surface area contributed by atoms with Crippen molar-refractivity contribution in [3.63, 3.8) is 0 Å². The lowest BCUT2D eigenvalue weighted by Gasteiger charge is -2.13. The zero-order chi connectivity index (χ0) is 27.7. The lowest BCUT2D eigenvalue weighted by Crippen LogP contribution is -2.26. The fourth-order valence-electron chi connectivity index (χ4n) is 4.29. The molecule has 1 fully saturated rings. The number of aryl methyl sites for hydroxylation is 2. The van der Waals surface area contributed by atoms with E-state index in [0.717, 1.165) is 24.0 Å². The molecule has 1 aliphatic rings. The highest BCUT2D eigenvalue weighted by atomic mass is 19.4. The average molecular weight is 542 g/mol. The van der Waals surface area contributed by atoms with Gasteiger partial charge in [0.2, 0.25) is 5.88 Å². The molecule has 1 saturated carbocycles. The van der Waals surface area contributed by atoms with Gasteiger partial charge in [-0.1, -0.05) is 6.07 Å². The van der Waals surface area contributed by atoms with Gasteiger partial charge in [-0.3, -0.25) is 4.79 Å². The van der Waals surface area contributed by atoms with Gasteiger partial charge in [-0.2, -0.15) is 13.2 Å². The number of carbonyl (C=O) groups excluding carboxylic acids is 1. The molecular formula is C28H27F4N5O2. The van der Waals surface area contributed by atoms with Crippen molar-refractivity contribution in [3.05, 3.63) is 71.2 Å². The molecule has 0 atom stereocenters. The van der Waals surface area contributed by atoms with Crippen molar-refractivity contribution in [3.8, 4) is 22.9 Å². The zero-order valence-corrected chi connectivity index (χ0v) is 21.4. The van der Waals surface area contributed by atoms with Crippen molar-refractivity contribution < 1.29 is 27.1 Å². The van der Waals surface area contributed by atoms with Crippen molar-refractivity contribution in [2.24, 2.45) is 0 Å². The van der Waals surface area contributed by atoms with Crippen LogP contribution in [0.1, 0.15) is 47.2 Å². The molecule has 5 rings (SSSR count). The van der Waals surface area contributed by atoms with Crippen molar-refractivity contribution in [2.75, 3.05) is 11.9 Å². The number of fused-ring (bicyclic) bond motifs is 1. The number of anilines is 1. The average Bonchev–Trinajstić information content (AvgIpc) is 3.55. The number of amides is 1. The van der Waals surface area contributed by atoms with E-state index in [1.807, 2.05) is 13.0 Å². The van der Waals surface area contributed by atoms with Crippen LogP contribution < -0.4 is 15.4 Å². The minimum Gasteiger partial charge on any atom is -0.437 e. The van der Waals surface area contributed by atoms with Gasteiger partial charge in [0.15, 0.2) is 5.65 Å². The van der Waals surface area contributed by atoms with E-state index in [2.05, 4.69) is 20.7 Å². The van der Waals surface area contributed by atoms with Gasteiger partial charge in [-0.15, -0.1) is 5.10 Å². The Bertz CT molecular complexity index is 1510. The van der Waals surface area contributed by atoms with Crippen LogP contribution in [0.25, 0.3) is 16.9 Å². The van der Waals surface area contributed by atoms with Gasteiger partial charge < -0.3 is 15.4 Å². The third-order valence-electron chi connectivity index (χ3n) is 6.32.